The number of hydrogen-bond acceptors (Lipinski definition) is 8. The van der Waals surface area contributed by atoms with Crippen molar-refractivity contribution in [3.8, 4) is 0 Å². The van der Waals surface area contributed by atoms with Crippen molar-refractivity contribution in [1.82, 2.24) is 10.9 Å². The van der Waals surface area contributed by atoms with Crippen LogP contribution in [-0.4, -0.2) is 52.9 Å². The van der Waals surface area contributed by atoms with E-state index in [4.69, 9.17) is 32.7 Å². The lowest BCUT2D eigenvalue weighted by molar-refractivity contribution is -0.159. The van der Waals surface area contributed by atoms with Crippen LogP contribution in [0.25, 0.3) is 0 Å². The van der Waals surface area contributed by atoms with E-state index in [1.54, 1.807) is 18.2 Å². The molecule has 0 heterocycles. The molecule has 3 amide bonds. The minimum absolute atomic E-state index is 0.0394. The number of amides is 3. The summed E-state index contributed by atoms with van der Waals surface area (Å²) in [5.41, 5.74) is 5.67. The van der Waals surface area contributed by atoms with Gasteiger partial charge in [0.2, 0.25) is 12.2 Å². The third-order valence-corrected chi connectivity index (χ3v) is 6.89. The van der Waals surface area contributed by atoms with Gasteiger partial charge < -0.3 is 19.9 Å². The molecule has 12 nitrogen and oxygen atoms in total. The van der Waals surface area contributed by atoms with Crippen molar-refractivity contribution in [3.05, 3.63) is 135 Å². The number of anilines is 1. The number of carbonyl (C=O) groups is 6. The number of carboxylic acid groups (broad SMARTS) is 1. The molecule has 0 aliphatic carbocycles. The van der Waals surface area contributed by atoms with Crippen LogP contribution >= 0.6 is 23.2 Å². The van der Waals surface area contributed by atoms with E-state index in [-0.39, 0.29) is 22.6 Å². The predicted molar refractivity (Wildman–Crippen MR) is 170 cm³/mol. The van der Waals surface area contributed by atoms with Crippen molar-refractivity contribution in [2.45, 2.75) is 19.1 Å². The molecule has 0 aliphatic rings. The lowest BCUT2D eigenvalue weighted by Crippen LogP contribution is -2.54. The van der Waals surface area contributed by atoms with Crippen molar-refractivity contribution in [2.75, 3.05) is 5.32 Å². The number of carbonyl (C=O) groups excluding carboxylic acids is 5. The molecule has 14 heteroatoms. The maximum atomic E-state index is 13.2. The first kappa shape index (κ1) is 34.2. The Labute approximate surface area is 277 Å². The fraction of sp³-hybridized carbons (Fsp3) is 0.0909. The van der Waals surface area contributed by atoms with E-state index in [1.807, 2.05) is 18.4 Å². The van der Waals surface area contributed by atoms with Gasteiger partial charge in [-0.3, -0.25) is 25.2 Å². The second-order valence-electron chi connectivity index (χ2n) is 9.85. The van der Waals surface area contributed by atoms with Gasteiger partial charge in [-0.1, -0.05) is 40.9 Å². The third-order valence-electron chi connectivity index (χ3n) is 6.39. The number of aryl methyl sites for hydroxylation is 1. The largest absolute Gasteiger partial charge is 0.478 e. The predicted octanol–water partition coefficient (Wildman–Crippen LogP) is 4.85. The maximum Gasteiger partial charge on any atom is 0.349 e. The molecule has 4 N–H and O–H groups in total. The van der Waals surface area contributed by atoms with Crippen molar-refractivity contribution in [1.29, 1.82) is 0 Å². The van der Waals surface area contributed by atoms with Crippen LogP contribution in [0.1, 0.15) is 47.0 Å². The Morgan fingerprint density at radius 1 is 0.617 bits per heavy atom. The number of halogens is 2. The van der Waals surface area contributed by atoms with Crippen LogP contribution in [0.4, 0.5) is 5.69 Å². The summed E-state index contributed by atoms with van der Waals surface area (Å²) in [6, 6.07) is 23.1. The van der Waals surface area contributed by atoms with Gasteiger partial charge in [-0.2, -0.15) is 0 Å². The van der Waals surface area contributed by atoms with Crippen molar-refractivity contribution < 1.29 is 43.3 Å². The second kappa shape index (κ2) is 15.5. The Bertz CT molecular complexity index is 1810. The Balaban J connectivity index is 1.47. The van der Waals surface area contributed by atoms with Crippen LogP contribution in [0.3, 0.4) is 0 Å². The summed E-state index contributed by atoms with van der Waals surface area (Å²) in [5, 5.41) is 13.2. The average Bonchev–Trinajstić information content (AvgIpc) is 3.05. The number of carboxylic acids is 1. The monoisotopic (exact) mass is 677 g/mol. The first-order chi connectivity index (χ1) is 22.4. The number of nitrogens with one attached hydrogen (secondary N) is 3. The van der Waals surface area contributed by atoms with Gasteiger partial charge in [-0.15, -0.1) is 0 Å². The number of ether oxygens (including phenoxy) is 2. The zero-order valence-corrected chi connectivity index (χ0v) is 25.9. The van der Waals surface area contributed by atoms with Gasteiger partial charge in [-0.05, 0) is 91.9 Å². The lowest BCUT2D eigenvalue weighted by Gasteiger charge is -2.23. The Morgan fingerprint density at radius 2 is 1.13 bits per heavy atom. The molecule has 0 radical (unpaired) electrons. The SMILES string of the molecule is Cc1cccc(C(=O)Nc2ccc(C(=O)NNC(=O)[C@@H](OC(=O)c3ccc(Cl)cc3)[C@@H](OC(=O)c3ccc(Cl)cc3)C(=O)O)cc2)c1. The number of rotatable bonds is 10. The molecule has 0 aliphatic heterocycles. The molecule has 0 bridgehead atoms. The number of hydrazine groups is 1. The molecule has 0 fully saturated rings. The van der Waals surface area contributed by atoms with E-state index in [0.29, 0.717) is 21.3 Å². The summed E-state index contributed by atoms with van der Waals surface area (Å²) in [6.45, 7) is 1.85. The van der Waals surface area contributed by atoms with Gasteiger partial charge in [-0.25, -0.2) is 14.4 Å². The van der Waals surface area contributed by atoms with Gasteiger partial charge in [0.1, 0.15) is 0 Å². The summed E-state index contributed by atoms with van der Waals surface area (Å²) >= 11 is 11.7. The summed E-state index contributed by atoms with van der Waals surface area (Å²) < 4.78 is 10.3. The summed E-state index contributed by atoms with van der Waals surface area (Å²) in [7, 11) is 0. The fourth-order valence-corrected chi connectivity index (χ4v) is 4.24. The van der Waals surface area contributed by atoms with Crippen LogP contribution in [0.2, 0.25) is 10.0 Å². The zero-order valence-electron chi connectivity index (χ0n) is 24.4. The molecular weight excluding hydrogens is 653 g/mol. The summed E-state index contributed by atoms with van der Waals surface area (Å²) in [6.07, 6.45) is -4.62. The number of aliphatic carboxylic acids is 1. The van der Waals surface area contributed by atoms with Crippen molar-refractivity contribution in [3.63, 3.8) is 0 Å². The average molecular weight is 678 g/mol. The maximum absolute atomic E-state index is 13.2. The Kier molecular flexibility index (Phi) is 11.3. The van der Waals surface area contributed by atoms with E-state index in [9.17, 15) is 33.9 Å². The quantitative estimate of drug-likeness (QED) is 0.135. The van der Waals surface area contributed by atoms with Crippen molar-refractivity contribution in [2.24, 2.45) is 0 Å². The first-order valence-corrected chi connectivity index (χ1v) is 14.4. The van der Waals surface area contributed by atoms with Crippen LogP contribution in [0.15, 0.2) is 97.1 Å². The van der Waals surface area contributed by atoms with Gasteiger partial charge in [0, 0.05) is 26.9 Å². The van der Waals surface area contributed by atoms with E-state index >= 15 is 0 Å². The number of hydrogen-bond donors (Lipinski definition) is 4. The van der Waals surface area contributed by atoms with E-state index in [0.717, 1.165) is 5.56 Å². The normalized spacial score (nSPS) is 11.7. The molecular formula is C33H25Cl2N3O9. The highest BCUT2D eigenvalue weighted by atomic mass is 35.5. The zero-order chi connectivity index (χ0) is 34.1. The van der Waals surface area contributed by atoms with Crippen LogP contribution in [0, 0.1) is 6.92 Å². The van der Waals surface area contributed by atoms with Crippen LogP contribution in [0.5, 0.6) is 0 Å². The Hall–Kier alpha value is -5.72. The molecule has 0 spiro atoms. The van der Waals surface area contributed by atoms with Gasteiger partial charge >= 0.3 is 17.9 Å². The molecule has 0 saturated heterocycles. The van der Waals surface area contributed by atoms with Crippen LogP contribution < -0.4 is 16.2 Å². The molecule has 4 aromatic rings. The minimum Gasteiger partial charge on any atom is -0.478 e. The molecule has 0 saturated carbocycles. The fourth-order valence-electron chi connectivity index (χ4n) is 3.99. The molecule has 240 valence electrons. The molecule has 4 aromatic carbocycles. The molecule has 47 heavy (non-hydrogen) atoms. The molecule has 0 unspecified atom stereocenters. The topological polar surface area (TPSA) is 177 Å². The smallest absolute Gasteiger partial charge is 0.349 e. The van der Waals surface area contributed by atoms with Crippen molar-refractivity contribution >= 4 is 64.5 Å². The number of benzene rings is 4. The molecule has 0 aromatic heterocycles. The minimum atomic E-state index is -2.34. The van der Waals surface area contributed by atoms with Crippen LogP contribution in [-0.2, 0) is 19.1 Å². The molecule has 4 rings (SSSR count). The van der Waals surface area contributed by atoms with Gasteiger partial charge in [0.05, 0.1) is 11.1 Å². The molecule has 2 atom stereocenters. The highest BCUT2D eigenvalue weighted by molar-refractivity contribution is 6.31. The second-order valence-corrected chi connectivity index (χ2v) is 10.7. The first-order valence-electron chi connectivity index (χ1n) is 13.7. The third kappa shape index (κ3) is 9.39. The number of esters is 2. The van der Waals surface area contributed by atoms with E-state index < -0.39 is 41.9 Å². The standard InChI is InChI=1S/C33H25Cl2N3O9/c1-18-3-2-4-22(17-18)28(39)36-25-15-9-19(10-16-25)29(40)37-38-30(41)26(46-32(44)20-5-11-23(34)12-6-20)27(31(42)43)47-33(45)21-7-13-24(35)14-8-21/h2-17,26-27H,1H3,(H,36,39)(H,37,40)(H,38,41)(H,42,43)/t26-,27+/m0/s1. The summed E-state index contributed by atoms with van der Waals surface area (Å²) in [4.78, 5) is 76.3. The van der Waals surface area contributed by atoms with E-state index in [1.165, 1.54) is 72.8 Å². The highest BCUT2D eigenvalue weighted by Gasteiger charge is 2.41. The highest BCUT2D eigenvalue weighted by Crippen LogP contribution is 2.17. The van der Waals surface area contributed by atoms with E-state index in [2.05, 4.69) is 10.7 Å². The Morgan fingerprint density at radius 3 is 1.64 bits per heavy atom. The summed E-state index contributed by atoms with van der Waals surface area (Å²) in [5.74, 6) is -6.67. The van der Waals surface area contributed by atoms with Gasteiger partial charge in [0.25, 0.3) is 17.7 Å². The van der Waals surface area contributed by atoms with Gasteiger partial charge in [0.15, 0.2) is 0 Å². The lowest BCUT2D eigenvalue weighted by atomic mass is 10.1.